The lowest BCUT2D eigenvalue weighted by atomic mass is 10.2. The van der Waals surface area contributed by atoms with Crippen molar-refractivity contribution < 1.29 is 26.8 Å². The molecule has 0 unspecified atom stereocenters. The van der Waals surface area contributed by atoms with Crippen LogP contribution in [0.15, 0.2) is 59.2 Å². The molecule has 0 spiro atoms. The molecular formula is C21H21FN2O5S. The van der Waals surface area contributed by atoms with E-state index in [2.05, 4.69) is 4.98 Å². The zero-order valence-electron chi connectivity index (χ0n) is 16.5. The lowest BCUT2D eigenvalue weighted by Crippen LogP contribution is -2.32. The van der Waals surface area contributed by atoms with E-state index in [9.17, 15) is 17.6 Å². The number of benzene rings is 2. The minimum absolute atomic E-state index is 0.0668. The number of rotatable bonds is 8. The van der Waals surface area contributed by atoms with Crippen LogP contribution in [0.2, 0.25) is 0 Å². The molecule has 30 heavy (non-hydrogen) atoms. The number of halogens is 1. The quantitative estimate of drug-likeness (QED) is 0.544. The van der Waals surface area contributed by atoms with Gasteiger partial charge < -0.3 is 14.1 Å². The highest BCUT2D eigenvalue weighted by Gasteiger charge is 2.22. The summed E-state index contributed by atoms with van der Waals surface area (Å²) in [6.45, 7) is 0.0668. The average molecular weight is 432 g/mol. The Morgan fingerprint density at radius 1 is 1.20 bits per heavy atom. The molecule has 0 saturated carbocycles. The number of ether oxygens (including phenoxy) is 1. The number of sulfone groups is 1. The summed E-state index contributed by atoms with van der Waals surface area (Å²) in [5.74, 6) is -1.85. The highest BCUT2D eigenvalue weighted by Crippen LogP contribution is 2.20. The zero-order valence-corrected chi connectivity index (χ0v) is 17.4. The molecule has 0 aliphatic rings. The first-order valence-corrected chi connectivity index (χ1v) is 10.9. The van der Waals surface area contributed by atoms with Crippen molar-refractivity contribution >= 4 is 15.7 Å². The van der Waals surface area contributed by atoms with Crippen LogP contribution in [0.4, 0.5) is 4.39 Å². The van der Waals surface area contributed by atoms with Crippen LogP contribution in [0.25, 0.3) is 11.5 Å². The number of carbonyl (C=O) groups is 1. The standard InChI is InChI=1S/C21H21FN2O5S/c1-24(11-15-8-9-19(28-2)18(22)10-15)20(25)14-30(26,27)13-17-12-29-21(23-17)16-6-4-3-5-7-16/h3-10,12H,11,13-14H2,1-2H3. The molecule has 0 N–H and O–H groups in total. The molecule has 7 nitrogen and oxygen atoms in total. The third-order valence-electron chi connectivity index (χ3n) is 4.35. The Balaban J connectivity index is 1.61. The van der Waals surface area contributed by atoms with Gasteiger partial charge in [0.1, 0.15) is 12.0 Å². The fourth-order valence-corrected chi connectivity index (χ4v) is 4.11. The van der Waals surface area contributed by atoms with E-state index in [-0.39, 0.29) is 18.0 Å². The predicted octanol–water partition coefficient (Wildman–Crippen LogP) is 3.06. The Hall–Kier alpha value is -3.20. The van der Waals surface area contributed by atoms with Crippen LogP contribution in [-0.2, 0) is 26.9 Å². The molecule has 1 aromatic heterocycles. The van der Waals surface area contributed by atoms with Crippen LogP contribution < -0.4 is 4.74 Å². The van der Waals surface area contributed by atoms with Gasteiger partial charge in [-0.15, -0.1) is 0 Å². The number of hydrogen-bond acceptors (Lipinski definition) is 6. The van der Waals surface area contributed by atoms with Gasteiger partial charge in [0.05, 0.1) is 18.6 Å². The highest BCUT2D eigenvalue weighted by molar-refractivity contribution is 7.91. The molecule has 158 valence electrons. The van der Waals surface area contributed by atoms with Gasteiger partial charge in [-0.3, -0.25) is 4.79 Å². The number of hydrogen-bond donors (Lipinski definition) is 0. The molecule has 1 heterocycles. The SMILES string of the molecule is COc1ccc(CN(C)C(=O)CS(=O)(=O)Cc2coc(-c3ccccc3)n2)cc1F. The van der Waals surface area contributed by atoms with Gasteiger partial charge in [0, 0.05) is 19.2 Å². The lowest BCUT2D eigenvalue weighted by molar-refractivity contribution is -0.127. The smallest absolute Gasteiger partial charge is 0.237 e. The lowest BCUT2D eigenvalue weighted by Gasteiger charge is -2.17. The van der Waals surface area contributed by atoms with Crippen molar-refractivity contribution in [2.75, 3.05) is 19.9 Å². The highest BCUT2D eigenvalue weighted by atomic mass is 32.2. The Bertz CT molecular complexity index is 1130. The van der Waals surface area contributed by atoms with Gasteiger partial charge in [-0.05, 0) is 29.8 Å². The average Bonchev–Trinajstić information content (AvgIpc) is 3.16. The maximum Gasteiger partial charge on any atom is 0.237 e. The number of carbonyl (C=O) groups excluding carboxylic acids is 1. The van der Waals surface area contributed by atoms with Crippen LogP contribution >= 0.6 is 0 Å². The van der Waals surface area contributed by atoms with Crippen LogP contribution in [0.1, 0.15) is 11.3 Å². The Labute approximate surface area is 174 Å². The Morgan fingerprint density at radius 3 is 2.60 bits per heavy atom. The van der Waals surface area contributed by atoms with E-state index >= 15 is 0 Å². The van der Waals surface area contributed by atoms with E-state index in [1.807, 2.05) is 18.2 Å². The van der Waals surface area contributed by atoms with Crippen molar-refractivity contribution in [3.05, 3.63) is 71.9 Å². The number of oxazole rings is 1. The third-order valence-corrected chi connectivity index (χ3v) is 5.77. The molecule has 2 aromatic carbocycles. The normalized spacial score (nSPS) is 11.3. The molecule has 9 heteroatoms. The first kappa shape index (κ1) is 21.5. The molecule has 0 aliphatic heterocycles. The van der Waals surface area contributed by atoms with E-state index in [0.717, 1.165) is 5.56 Å². The summed E-state index contributed by atoms with van der Waals surface area (Å²) in [5.41, 5.74) is 1.47. The van der Waals surface area contributed by atoms with Crippen LogP contribution in [0, 0.1) is 5.82 Å². The number of aromatic nitrogens is 1. The fourth-order valence-electron chi connectivity index (χ4n) is 2.83. The van der Waals surface area contributed by atoms with Gasteiger partial charge in [-0.25, -0.2) is 17.8 Å². The number of amides is 1. The maximum atomic E-state index is 13.8. The largest absolute Gasteiger partial charge is 0.494 e. The second-order valence-corrected chi connectivity index (χ2v) is 8.83. The van der Waals surface area contributed by atoms with Crippen molar-refractivity contribution in [2.24, 2.45) is 0 Å². The summed E-state index contributed by atoms with van der Waals surface area (Å²) < 4.78 is 48.9. The molecule has 0 radical (unpaired) electrons. The Morgan fingerprint density at radius 2 is 1.93 bits per heavy atom. The summed E-state index contributed by atoms with van der Waals surface area (Å²) in [4.78, 5) is 17.8. The predicted molar refractivity (Wildman–Crippen MR) is 109 cm³/mol. The van der Waals surface area contributed by atoms with Gasteiger partial charge in [0.2, 0.25) is 11.8 Å². The molecule has 3 aromatic rings. The monoisotopic (exact) mass is 432 g/mol. The van der Waals surface area contributed by atoms with E-state index in [1.165, 1.54) is 37.5 Å². The summed E-state index contributed by atoms with van der Waals surface area (Å²) in [7, 11) is -0.947. The first-order chi connectivity index (χ1) is 14.3. The van der Waals surface area contributed by atoms with E-state index in [0.29, 0.717) is 11.5 Å². The molecule has 0 bridgehead atoms. The summed E-state index contributed by atoms with van der Waals surface area (Å²) >= 11 is 0. The van der Waals surface area contributed by atoms with Crippen molar-refractivity contribution in [1.82, 2.24) is 9.88 Å². The summed E-state index contributed by atoms with van der Waals surface area (Å²) in [6.07, 6.45) is 1.27. The van der Waals surface area contributed by atoms with Gasteiger partial charge in [-0.1, -0.05) is 24.3 Å². The van der Waals surface area contributed by atoms with Crippen molar-refractivity contribution in [1.29, 1.82) is 0 Å². The minimum atomic E-state index is -3.77. The van der Waals surface area contributed by atoms with Gasteiger partial charge >= 0.3 is 0 Å². The number of methoxy groups -OCH3 is 1. The van der Waals surface area contributed by atoms with Crippen molar-refractivity contribution in [3.63, 3.8) is 0 Å². The first-order valence-electron chi connectivity index (χ1n) is 9.04. The summed E-state index contributed by atoms with van der Waals surface area (Å²) in [6, 6.07) is 13.4. The molecular weight excluding hydrogens is 411 g/mol. The Kier molecular flexibility index (Phi) is 6.51. The van der Waals surface area contributed by atoms with E-state index in [4.69, 9.17) is 9.15 Å². The van der Waals surface area contributed by atoms with Crippen molar-refractivity contribution in [2.45, 2.75) is 12.3 Å². The second-order valence-electron chi connectivity index (χ2n) is 6.76. The van der Waals surface area contributed by atoms with Gasteiger partial charge in [-0.2, -0.15) is 0 Å². The number of nitrogens with zero attached hydrogens (tertiary/aromatic N) is 2. The van der Waals surface area contributed by atoms with E-state index < -0.39 is 33.1 Å². The summed E-state index contributed by atoms with van der Waals surface area (Å²) in [5, 5.41) is 0. The molecule has 1 amide bonds. The van der Waals surface area contributed by atoms with Gasteiger partial charge in [0.25, 0.3) is 0 Å². The zero-order chi connectivity index (χ0) is 21.7. The molecule has 0 aliphatic carbocycles. The second kappa shape index (κ2) is 9.08. The molecule has 0 saturated heterocycles. The molecule has 0 fully saturated rings. The third kappa shape index (κ3) is 5.44. The van der Waals surface area contributed by atoms with Crippen LogP contribution in [0.5, 0.6) is 5.75 Å². The van der Waals surface area contributed by atoms with Crippen LogP contribution in [-0.4, -0.2) is 44.1 Å². The van der Waals surface area contributed by atoms with Gasteiger partial charge in [0.15, 0.2) is 21.4 Å². The van der Waals surface area contributed by atoms with Crippen LogP contribution in [0.3, 0.4) is 0 Å². The topological polar surface area (TPSA) is 89.7 Å². The van der Waals surface area contributed by atoms with Crippen molar-refractivity contribution in [3.8, 4) is 17.2 Å². The maximum absolute atomic E-state index is 13.8. The fraction of sp³-hybridized carbons (Fsp3) is 0.238. The molecule has 3 rings (SSSR count). The van der Waals surface area contributed by atoms with E-state index in [1.54, 1.807) is 18.2 Å². The minimum Gasteiger partial charge on any atom is -0.494 e. The molecule has 0 atom stereocenters.